The molecule has 4 heteroatoms. The molecule has 0 spiro atoms. The van der Waals surface area contributed by atoms with E-state index >= 15 is 0 Å². The lowest BCUT2D eigenvalue weighted by atomic mass is 11.8. The molecule has 0 radical (unpaired) electrons. The fourth-order valence-corrected chi connectivity index (χ4v) is 8.07. The standard InChI is InChI=1S/C5H16ClNSi2/c1-8(2)7-9(3,4)5-6/h7-8H,5H2,1-4H3. The summed E-state index contributed by atoms with van der Waals surface area (Å²) in [5.74, 6) is 0. The zero-order chi connectivity index (χ0) is 7.49. The van der Waals surface area contributed by atoms with Gasteiger partial charge in [-0.25, -0.2) is 0 Å². The summed E-state index contributed by atoms with van der Waals surface area (Å²) in [5, 5.41) is 0. The van der Waals surface area contributed by atoms with Gasteiger partial charge in [0.15, 0.2) is 0 Å². The van der Waals surface area contributed by atoms with E-state index in [0.29, 0.717) is 0 Å². The molecule has 1 N–H and O–H groups in total. The van der Waals surface area contributed by atoms with Gasteiger partial charge in [0, 0.05) is 5.50 Å². The van der Waals surface area contributed by atoms with Gasteiger partial charge in [-0.05, 0) is 0 Å². The van der Waals surface area contributed by atoms with Crippen LogP contribution in [-0.4, -0.2) is 22.7 Å². The average molecular weight is 182 g/mol. The number of rotatable bonds is 3. The van der Waals surface area contributed by atoms with Crippen molar-refractivity contribution in [3.05, 3.63) is 0 Å². The van der Waals surface area contributed by atoms with E-state index in [2.05, 4.69) is 30.8 Å². The van der Waals surface area contributed by atoms with Gasteiger partial charge >= 0.3 is 0 Å². The first kappa shape index (κ1) is 9.68. The Morgan fingerprint density at radius 3 is 2.00 bits per heavy atom. The summed E-state index contributed by atoms with van der Waals surface area (Å²) >= 11 is 5.76. The van der Waals surface area contributed by atoms with Gasteiger partial charge in [0.1, 0.15) is 8.24 Å². The summed E-state index contributed by atoms with van der Waals surface area (Å²) in [5.41, 5.74) is 0.832. The Bertz CT molecular complexity index is 85.0. The van der Waals surface area contributed by atoms with E-state index in [4.69, 9.17) is 11.6 Å². The molecule has 0 aromatic carbocycles. The van der Waals surface area contributed by atoms with Crippen molar-refractivity contribution in [3.63, 3.8) is 0 Å². The molecule has 0 unspecified atom stereocenters. The van der Waals surface area contributed by atoms with Gasteiger partial charge < -0.3 is 4.65 Å². The highest BCUT2D eigenvalue weighted by Crippen LogP contribution is 1.99. The van der Waals surface area contributed by atoms with Crippen LogP contribution < -0.4 is 4.65 Å². The molecule has 56 valence electrons. The minimum Gasteiger partial charge on any atom is -0.361 e. The zero-order valence-corrected chi connectivity index (χ0v) is 9.57. The Morgan fingerprint density at radius 1 is 1.44 bits per heavy atom. The lowest BCUT2D eigenvalue weighted by Gasteiger charge is -2.22. The molecule has 0 fully saturated rings. The third-order valence-corrected chi connectivity index (χ3v) is 9.12. The minimum atomic E-state index is -1.16. The first-order chi connectivity index (χ1) is 3.98. The molecule has 0 aromatic heterocycles. The molecule has 0 heterocycles. The van der Waals surface area contributed by atoms with Crippen LogP contribution in [0, 0.1) is 0 Å². The second kappa shape index (κ2) is 3.76. The zero-order valence-electron chi connectivity index (χ0n) is 6.66. The van der Waals surface area contributed by atoms with E-state index in [-0.39, 0.29) is 0 Å². The quantitative estimate of drug-likeness (QED) is 0.515. The Hall–Kier alpha value is 0.684. The molecule has 0 rings (SSSR count). The lowest BCUT2D eigenvalue weighted by Crippen LogP contribution is -2.52. The largest absolute Gasteiger partial charge is 0.361 e. The maximum atomic E-state index is 5.76. The van der Waals surface area contributed by atoms with Crippen LogP contribution in [0.3, 0.4) is 0 Å². The van der Waals surface area contributed by atoms with E-state index in [0.717, 1.165) is 5.50 Å². The maximum Gasteiger partial charge on any atom is 0.127 e. The molecule has 0 atom stereocenters. The number of nitrogens with one attached hydrogen (secondary N) is 1. The van der Waals surface area contributed by atoms with Gasteiger partial charge in [0.2, 0.25) is 0 Å². The highest BCUT2D eigenvalue weighted by molar-refractivity contribution is 6.87. The van der Waals surface area contributed by atoms with Crippen LogP contribution in [0.2, 0.25) is 26.2 Å². The van der Waals surface area contributed by atoms with Crippen LogP contribution in [0.4, 0.5) is 0 Å². The molecular weight excluding hydrogens is 166 g/mol. The number of halogens is 1. The summed E-state index contributed by atoms with van der Waals surface area (Å²) in [6.07, 6.45) is 0. The Kier molecular flexibility index (Phi) is 4.04. The number of alkyl halides is 1. The SMILES string of the molecule is C[SiH](C)N[Si](C)(C)CCl. The van der Waals surface area contributed by atoms with E-state index in [9.17, 15) is 0 Å². The topological polar surface area (TPSA) is 12.0 Å². The predicted octanol–water partition coefficient (Wildman–Crippen LogP) is 1.54. The molecule has 0 aromatic rings. The average Bonchev–Trinajstić information content (AvgIpc) is 1.63. The van der Waals surface area contributed by atoms with Crippen LogP contribution in [0.5, 0.6) is 0 Å². The van der Waals surface area contributed by atoms with Gasteiger partial charge in [-0.3, -0.25) is 0 Å². The van der Waals surface area contributed by atoms with E-state index in [1.807, 2.05) is 0 Å². The van der Waals surface area contributed by atoms with Crippen LogP contribution in [-0.2, 0) is 0 Å². The molecule has 0 saturated heterocycles. The van der Waals surface area contributed by atoms with Crippen molar-refractivity contribution in [3.8, 4) is 0 Å². The fourth-order valence-electron chi connectivity index (χ4n) is 0.820. The van der Waals surface area contributed by atoms with E-state index in [1.165, 1.54) is 0 Å². The van der Waals surface area contributed by atoms with Crippen molar-refractivity contribution in [2.24, 2.45) is 0 Å². The fraction of sp³-hybridized carbons (Fsp3) is 1.00. The molecule has 0 aliphatic heterocycles. The van der Waals surface area contributed by atoms with Crippen molar-refractivity contribution in [1.82, 2.24) is 4.65 Å². The molecule has 0 saturated carbocycles. The normalized spacial score (nSPS) is 12.7. The van der Waals surface area contributed by atoms with Crippen molar-refractivity contribution in [2.45, 2.75) is 26.2 Å². The molecule has 0 aliphatic rings. The molecule has 9 heavy (non-hydrogen) atoms. The number of hydrogen-bond donors (Lipinski definition) is 1. The highest BCUT2D eigenvalue weighted by atomic mass is 35.5. The van der Waals surface area contributed by atoms with Crippen LogP contribution in [0.25, 0.3) is 0 Å². The van der Waals surface area contributed by atoms with Gasteiger partial charge in [-0.2, -0.15) is 0 Å². The molecule has 0 bridgehead atoms. The van der Waals surface area contributed by atoms with Crippen molar-refractivity contribution in [1.29, 1.82) is 0 Å². The van der Waals surface area contributed by atoms with Gasteiger partial charge in [0.25, 0.3) is 0 Å². The molecule has 1 nitrogen and oxygen atoms in total. The predicted molar refractivity (Wildman–Crippen MR) is 50.2 cm³/mol. The van der Waals surface area contributed by atoms with Crippen LogP contribution in [0.1, 0.15) is 0 Å². The first-order valence-electron chi connectivity index (χ1n) is 3.31. The third kappa shape index (κ3) is 5.14. The Balaban J connectivity index is 3.58. The Morgan fingerprint density at radius 2 is 1.89 bits per heavy atom. The van der Waals surface area contributed by atoms with E-state index < -0.39 is 17.2 Å². The summed E-state index contributed by atoms with van der Waals surface area (Å²) in [6.45, 7) is 9.13. The second-order valence-corrected chi connectivity index (χ2v) is 11.6. The Labute approximate surface area is 65.6 Å². The van der Waals surface area contributed by atoms with E-state index in [1.54, 1.807) is 0 Å². The van der Waals surface area contributed by atoms with Crippen molar-refractivity contribution < 1.29 is 0 Å². The second-order valence-electron chi connectivity index (χ2n) is 3.32. The van der Waals surface area contributed by atoms with Gasteiger partial charge in [-0.15, -0.1) is 11.6 Å². The summed E-state index contributed by atoms with van der Waals surface area (Å²) < 4.78 is 3.61. The monoisotopic (exact) mass is 181 g/mol. The van der Waals surface area contributed by atoms with Gasteiger partial charge in [0.05, 0.1) is 8.96 Å². The third-order valence-electron chi connectivity index (χ3n) is 1.01. The van der Waals surface area contributed by atoms with Crippen LogP contribution in [0.15, 0.2) is 0 Å². The van der Waals surface area contributed by atoms with Crippen LogP contribution >= 0.6 is 11.6 Å². The number of hydrogen-bond acceptors (Lipinski definition) is 1. The highest BCUT2D eigenvalue weighted by Gasteiger charge is 2.19. The summed E-state index contributed by atoms with van der Waals surface area (Å²) in [7, 11) is -1.75. The van der Waals surface area contributed by atoms with Crippen molar-refractivity contribution >= 4 is 28.8 Å². The first-order valence-corrected chi connectivity index (χ1v) is 9.94. The smallest absolute Gasteiger partial charge is 0.127 e. The summed E-state index contributed by atoms with van der Waals surface area (Å²) in [6, 6.07) is 0. The molecular formula is C5H16ClNSi2. The van der Waals surface area contributed by atoms with Crippen molar-refractivity contribution in [2.75, 3.05) is 5.50 Å². The molecule has 0 aliphatic carbocycles. The lowest BCUT2D eigenvalue weighted by molar-refractivity contribution is 1.35. The maximum absolute atomic E-state index is 5.76. The van der Waals surface area contributed by atoms with Gasteiger partial charge in [-0.1, -0.05) is 26.2 Å². The minimum absolute atomic E-state index is 0.586. The molecule has 0 amide bonds. The summed E-state index contributed by atoms with van der Waals surface area (Å²) in [4.78, 5) is 0.